The quantitative estimate of drug-likeness (QED) is 0.649. The average Bonchev–Trinajstić information content (AvgIpc) is 2.74. The van der Waals surface area contributed by atoms with Gasteiger partial charge in [-0.3, -0.25) is 4.79 Å². The maximum atomic E-state index is 9.88. The zero-order valence-corrected chi connectivity index (χ0v) is 7.65. The third kappa shape index (κ3) is 4.12. The van der Waals surface area contributed by atoms with Crippen molar-refractivity contribution in [1.82, 2.24) is 9.97 Å². The Bertz CT molecular complexity index is 294. The molecule has 2 aromatic heterocycles. The summed E-state index contributed by atoms with van der Waals surface area (Å²) in [4.78, 5) is 18.0. The van der Waals surface area contributed by atoms with E-state index in [1.807, 2.05) is 11.4 Å². The first-order valence-corrected chi connectivity index (χ1v) is 4.50. The van der Waals surface area contributed by atoms with Crippen LogP contribution in [0.15, 0.2) is 42.3 Å². The van der Waals surface area contributed by atoms with Crippen molar-refractivity contribution in [2.24, 2.45) is 0 Å². The molecule has 0 aliphatic heterocycles. The second-order valence-electron chi connectivity index (χ2n) is 2.04. The number of thiophene rings is 1. The number of hydrogen-bond donors (Lipinski definition) is 0. The van der Waals surface area contributed by atoms with Gasteiger partial charge in [-0.05, 0) is 17.5 Å². The van der Waals surface area contributed by atoms with Crippen LogP contribution in [0.5, 0.6) is 0 Å². The Morgan fingerprint density at radius 1 is 1.23 bits per heavy atom. The summed E-state index contributed by atoms with van der Waals surface area (Å²) in [5.74, 6) is 0. The van der Waals surface area contributed by atoms with E-state index >= 15 is 0 Å². The van der Waals surface area contributed by atoms with Crippen LogP contribution in [0.25, 0.3) is 0 Å². The topological polar surface area (TPSA) is 42.9 Å². The van der Waals surface area contributed by atoms with Crippen LogP contribution in [0.4, 0.5) is 0 Å². The molecule has 66 valence electrons. The smallest absolute Gasteiger partial charge is 0.159 e. The van der Waals surface area contributed by atoms with E-state index in [1.54, 1.807) is 24.5 Å². The molecule has 2 aromatic rings. The van der Waals surface area contributed by atoms with Gasteiger partial charge in [0.05, 0.1) is 4.88 Å². The van der Waals surface area contributed by atoms with Crippen LogP contribution in [-0.4, -0.2) is 16.3 Å². The van der Waals surface area contributed by atoms with Gasteiger partial charge in [-0.15, -0.1) is 11.3 Å². The number of hydrogen-bond acceptors (Lipinski definition) is 4. The maximum absolute atomic E-state index is 9.88. The lowest BCUT2D eigenvalue weighted by Gasteiger charge is -1.70. The van der Waals surface area contributed by atoms with Crippen molar-refractivity contribution >= 4 is 17.6 Å². The summed E-state index contributed by atoms with van der Waals surface area (Å²) in [6, 6.07) is 5.42. The molecule has 0 N–H and O–H groups in total. The number of nitrogens with zero attached hydrogens (tertiary/aromatic N) is 2. The zero-order valence-electron chi connectivity index (χ0n) is 6.83. The molecule has 2 rings (SSSR count). The van der Waals surface area contributed by atoms with Gasteiger partial charge in [0.1, 0.15) is 6.33 Å². The lowest BCUT2D eigenvalue weighted by atomic mass is 10.5. The third-order valence-corrected chi connectivity index (χ3v) is 1.93. The second-order valence-corrected chi connectivity index (χ2v) is 3.02. The van der Waals surface area contributed by atoms with Gasteiger partial charge in [0.15, 0.2) is 6.29 Å². The molecule has 0 spiro atoms. The van der Waals surface area contributed by atoms with E-state index in [9.17, 15) is 4.79 Å². The molecule has 0 atom stereocenters. The fourth-order valence-electron chi connectivity index (χ4n) is 0.612. The summed E-state index contributed by atoms with van der Waals surface area (Å²) in [5.41, 5.74) is 0. The van der Waals surface area contributed by atoms with Crippen molar-refractivity contribution in [2.75, 3.05) is 0 Å². The van der Waals surface area contributed by atoms with E-state index in [0.717, 1.165) is 11.2 Å². The minimum atomic E-state index is 0.792. The standard InChI is InChI=1S/C5H4OS.C4H4N2/c6-4-5-2-1-3-7-5;1-2-5-4-6-3-1/h1-4H;1-4H. The van der Waals surface area contributed by atoms with Gasteiger partial charge in [0, 0.05) is 12.4 Å². The Labute approximate surface area is 80.1 Å². The molecule has 0 aromatic carbocycles. The summed E-state index contributed by atoms with van der Waals surface area (Å²) in [6.45, 7) is 0. The maximum Gasteiger partial charge on any atom is 0.159 e. The van der Waals surface area contributed by atoms with Crippen LogP contribution in [-0.2, 0) is 0 Å². The molecular formula is C9H8N2OS. The van der Waals surface area contributed by atoms with Gasteiger partial charge < -0.3 is 0 Å². The highest BCUT2D eigenvalue weighted by Gasteiger charge is 1.82. The lowest BCUT2D eigenvalue weighted by molar-refractivity contribution is 0.112. The summed E-state index contributed by atoms with van der Waals surface area (Å²) < 4.78 is 0. The molecule has 0 saturated heterocycles. The number of aldehydes is 1. The first kappa shape index (κ1) is 9.54. The summed E-state index contributed by atoms with van der Waals surface area (Å²) in [7, 11) is 0. The molecule has 0 fully saturated rings. The van der Waals surface area contributed by atoms with Crippen LogP contribution >= 0.6 is 11.3 Å². The lowest BCUT2D eigenvalue weighted by Crippen LogP contribution is -1.66. The normalized spacial score (nSPS) is 8.31. The Hall–Kier alpha value is -1.55. The minimum absolute atomic E-state index is 0.792. The minimum Gasteiger partial charge on any atom is -0.297 e. The van der Waals surface area contributed by atoms with Crippen LogP contribution < -0.4 is 0 Å². The van der Waals surface area contributed by atoms with Crippen molar-refractivity contribution in [1.29, 1.82) is 0 Å². The molecule has 2 heterocycles. The molecule has 0 aliphatic rings. The SMILES string of the molecule is O=Cc1cccs1.c1cncnc1. The number of rotatable bonds is 1. The number of carbonyl (C=O) groups is 1. The van der Waals surface area contributed by atoms with E-state index in [4.69, 9.17) is 0 Å². The van der Waals surface area contributed by atoms with E-state index in [2.05, 4.69) is 9.97 Å². The predicted molar refractivity (Wildman–Crippen MR) is 51.7 cm³/mol. The summed E-state index contributed by atoms with van der Waals surface area (Å²) >= 11 is 1.45. The fourth-order valence-corrected chi connectivity index (χ4v) is 1.14. The Morgan fingerprint density at radius 2 is 2.00 bits per heavy atom. The zero-order chi connectivity index (χ0) is 9.36. The van der Waals surface area contributed by atoms with Crippen molar-refractivity contribution in [2.45, 2.75) is 0 Å². The van der Waals surface area contributed by atoms with Crippen LogP contribution in [0.1, 0.15) is 9.67 Å². The van der Waals surface area contributed by atoms with Crippen molar-refractivity contribution in [3.63, 3.8) is 0 Å². The van der Waals surface area contributed by atoms with Gasteiger partial charge in [-0.1, -0.05) is 6.07 Å². The monoisotopic (exact) mass is 192 g/mol. The largest absolute Gasteiger partial charge is 0.297 e. The van der Waals surface area contributed by atoms with E-state index in [1.165, 1.54) is 17.7 Å². The van der Waals surface area contributed by atoms with Gasteiger partial charge in [0.25, 0.3) is 0 Å². The highest BCUT2D eigenvalue weighted by molar-refractivity contribution is 7.11. The summed E-state index contributed by atoms with van der Waals surface area (Å²) in [5, 5.41) is 1.88. The molecule has 3 nitrogen and oxygen atoms in total. The molecule has 0 amide bonds. The highest BCUT2D eigenvalue weighted by atomic mass is 32.1. The second kappa shape index (κ2) is 6.02. The molecule has 13 heavy (non-hydrogen) atoms. The van der Waals surface area contributed by atoms with Crippen LogP contribution in [0.3, 0.4) is 0 Å². The first-order valence-electron chi connectivity index (χ1n) is 3.62. The van der Waals surface area contributed by atoms with Crippen molar-refractivity contribution in [3.05, 3.63) is 47.2 Å². The van der Waals surface area contributed by atoms with E-state index < -0.39 is 0 Å². The van der Waals surface area contributed by atoms with Crippen LogP contribution in [0.2, 0.25) is 0 Å². The van der Waals surface area contributed by atoms with Gasteiger partial charge in [-0.25, -0.2) is 9.97 Å². The molecule has 0 radical (unpaired) electrons. The van der Waals surface area contributed by atoms with Gasteiger partial charge in [0.2, 0.25) is 0 Å². The molecule has 0 bridgehead atoms. The van der Waals surface area contributed by atoms with Crippen molar-refractivity contribution in [3.8, 4) is 0 Å². The molecule has 0 saturated carbocycles. The van der Waals surface area contributed by atoms with Gasteiger partial charge >= 0.3 is 0 Å². The Morgan fingerprint density at radius 3 is 2.23 bits per heavy atom. The summed E-state index contributed by atoms with van der Waals surface area (Å²) in [6.07, 6.45) is 5.73. The molecule has 0 aliphatic carbocycles. The Balaban J connectivity index is 0.000000132. The third-order valence-electron chi connectivity index (χ3n) is 1.14. The van der Waals surface area contributed by atoms with Gasteiger partial charge in [-0.2, -0.15) is 0 Å². The molecular weight excluding hydrogens is 184 g/mol. The fraction of sp³-hybridized carbons (Fsp3) is 0. The first-order chi connectivity index (χ1) is 6.43. The number of aromatic nitrogens is 2. The predicted octanol–water partition coefficient (Wildman–Crippen LogP) is 2.04. The molecule has 4 heteroatoms. The average molecular weight is 192 g/mol. The Kier molecular flexibility index (Phi) is 4.42. The van der Waals surface area contributed by atoms with Crippen molar-refractivity contribution < 1.29 is 4.79 Å². The highest BCUT2D eigenvalue weighted by Crippen LogP contribution is 2.03. The van der Waals surface area contributed by atoms with E-state index in [-0.39, 0.29) is 0 Å². The van der Waals surface area contributed by atoms with Crippen LogP contribution in [0, 0.1) is 0 Å². The number of carbonyl (C=O) groups excluding carboxylic acids is 1. The molecule has 0 unspecified atom stereocenters. The van der Waals surface area contributed by atoms with E-state index in [0.29, 0.717) is 0 Å².